The van der Waals surface area contributed by atoms with Crippen molar-refractivity contribution in [3.8, 4) is 0 Å². The van der Waals surface area contributed by atoms with Crippen LogP contribution in [0, 0.1) is 10.1 Å². The number of nitro groups is 1. The fourth-order valence-electron chi connectivity index (χ4n) is 2.08. The molecule has 0 atom stereocenters. The molecule has 0 saturated carbocycles. The summed E-state index contributed by atoms with van der Waals surface area (Å²) in [5, 5.41) is 22.3. The molecule has 1 aliphatic heterocycles. The van der Waals surface area contributed by atoms with Crippen LogP contribution in [0.5, 0.6) is 0 Å². The third kappa shape index (κ3) is 3.44. The van der Waals surface area contributed by atoms with Gasteiger partial charge in [0.05, 0.1) is 17.0 Å². The zero-order valence-electron chi connectivity index (χ0n) is 11.1. The van der Waals surface area contributed by atoms with Gasteiger partial charge in [0.25, 0.3) is 0 Å². The van der Waals surface area contributed by atoms with Gasteiger partial charge in [-0.25, -0.2) is 9.78 Å². The van der Waals surface area contributed by atoms with Crippen LogP contribution < -0.4 is 5.32 Å². The molecule has 2 rings (SSSR count). The quantitative estimate of drug-likeness (QED) is 0.605. The Labute approximate surface area is 119 Å². The van der Waals surface area contributed by atoms with Crippen LogP contribution in [-0.4, -0.2) is 51.4 Å². The Morgan fingerprint density at radius 3 is 2.67 bits per heavy atom. The molecule has 112 valence electrons. The topological polar surface area (TPSA) is 126 Å². The van der Waals surface area contributed by atoms with Gasteiger partial charge in [0.1, 0.15) is 0 Å². The van der Waals surface area contributed by atoms with E-state index in [4.69, 9.17) is 5.11 Å². The number of nitrogens with zero attached hydrogens (tertiary/aromatic N) is 3. The maximum Gasteiger partial charge on any atom is 0.337 e. The second-order valence-electron chi connectivity index (χ2n) is 4.60. The molecular weight excluding hydrogens is 280 g/mol. The predicted molar refractivity (Wildman–Crippen MR) is 72.2 cm³/mol. The zero-order valence-corrected chi connectivity index (χ0v) is 11.1. The number of carboxylic acids is 1. The van der Waals surface area contributed by atoms with Crippen LogP contribution >= 0.6 is 0 Å². The first-order valence-corrected chi connectivity index (χ1v) is 6.38. The molecule has 1 aliphatic rings. The van der Waals surface area contributed by atoms with Crippen molar-refractivity contribution in [3.05, 3.63) is 27.9 Å². The van der Waals surface area contributed by atoms with E-state index in [-0.39, 0.29) is 23.8 Å². The number of aromatic carboxylic acids is 1. The SMILES string of the molecule is O=C(O)c1cnc(NCC(=O)N2CCCC2)c([N+](=O)[O-])c1. The summed E-state index contributed by atoms with van der Waals surface area (Å²) in [6, 6.07) is 0.915. The van der Waals surface area contributed by atoms with E-state index in [2.05, 4.69) is 10.3 Å². The number of amides is 1. The molecule has 1 aromatic heterocycles. The monoisotopic (exact) mass is 294 g/mol. The third-order valence-electron chi connectivity index (χ3n) is 3.18. The first-order chi connectivity index (χ1) is 9.99. The van der Waals surface area contributed by atoms with E-state index < -0.39 is 16.6 Å². The number of hydrogen-bond acceptors (Lipinski definition) is 6. The highest BCUT2D eigenvalue weighted by molar-refractivity contribution is 5.89. The second-order valence-corrected chi connectivity index (χ2v) is 4.60. The van der Waals surface area contributed by atoms with E-state index in [1.807, 2.05) is 0 Å². The average Bonchev–Trinajstić information content (AvgIpc) is 2.98. The highest BCUT2D eigenvalue weighted by Crippen LogP contribution is 2.22. The van der Waals surface area contributed by atoms with Gasteiger partial charge in [-0.3, -0.25) is 14.9 Å². The van der Waals surface area contributed by atoms with Gasteiger partial charge in [-0.05, 0) is 12.8 Å². The summed E-state index contributed by atoms with van der Waals surface area (Å²) in [6.07, 6.45) is 2.92. The largest absolute Gasteiger partial charge is 0.478 e. The summed E-state index contributed by atoms with van der Waals surface area (Å²) in [5.41, 5.74) is -0.748. The normalized spacial score (nSPS) is 14.0. The molecule has 0 spiro atoms. The number of likely N-dealkylation sites (tertiary alicyclic amines) is 1. The molecule has 21 heavy (non-hydrogen) atoms. The lowest BCUT2D eigenvalue weighted by Crippen LogP contribution is -2.33. The van der Waals surface area contributed by atoms with Crippen LogP contribution in [-0.2, 0) is 4.79 Å². The molecule has 1 amide bonds. The summed E-state index contributed by atoms with van der Waals surface area (Å²) >= 11 is 0. The van der Waals surface area contributed by atoms with Gasteiger partial charge in [-0.1, -0.05) is 0 Å². The van der Waals surface area contributed by atoms with Crippen molar-refractivity contribution in [1.82, 2.24) is 9.88 Å². The van der Waals surface area contributed by atoms with Gasteiger partial charge in [0, 0.05) is 25.4 Å². The van der Waals surface area contributed by atoms with E-state index in [0.717, 1.165) is 25.1 Å². The smallest absolute Gasteiger partial charge is 0.337 e. The minimum atomic E-state index is -1.30. The van der Waals surface area contributed by atoms with E-state index in [1.165, 1.54) is 0 Å². The maximum absolute atomic E-state index is 11.8. The highest BCUT2D eigenvalue weighted by Gasteiger charge is 2.21. The third-order valence-corrected chi connectivity index (χ3v) is 3.18. The van der Waals surface area contributed by atoms with Crippen LogP contribution in [0.1, 0.15) is 23.2 Å². The molecular formula is C12H14N4O5. The Bertz CT molecular complexity index is 583. The number of hydrogen-bond donors (Lipinski definition) is 2. The van der Waals surface area contributed by atoms with Gasteiger partial charge < -0.3 is 15.3 Å². The van der Waals surface area contributed by atoms with Crippen LogP contribution in [0.15, 0.2) is 12.3 Å². The molecule has 2 heterocycles. The van der Waals surface area contributed by atoms with Crippen LogP contribution in [0.2, 0.25) is 0 Å². The number of nitrogens with one attached hydrogen (secondary N) is 1. The zero-order chi connectivity index (χ0) is 15.4. The number of aromatic nitrogens is 1. The molecule has 0 aromatic carbocycles. The lowest BCUT2D eigenvalue weighted by Gasteiger charge is -2.15. The fourth-order valence-corrected chi connectivity index (χ4v) is 2.08. The summed E-state index contributed by atoms with van der Waals surface area (Å²) in [7, 11) is 0. The molecule has 9 heteroatoms. The molecule has 2 N–H and O–H groups in total. The molecule has 1 saturated heterocycles. The van der Waals surface area contributed by atoms with Crippen LogP contribution in [0.3, 0.4) is 0 Å². The summed E-state index contributed by atoms with van der Waals surface area (Å²) < 4.78 is 0. The lowest BCUT2D eigenvalue weighted by molar-refractivity contribution is -0.384. The summed E-state index contributed by atoms with van der Waals surface area (Å²) in [5.74, 6) is -1.58. The van der Waals surface area contributed by atoms with Gasteiger partial charge in [0.15, 0.2) is 0 Å². The fraction of sp³-hybridized carbons (Fsp3) is 0.417. The first kappa shape index (κ1) is 14.7. The van der Waals surface area contributed by atoms with Gasteiger partial charge in [-0.15, -0.1) is 0 Å². The Hall–Kier alpha value is -2.71. The van der Waals surface area contributed by atoms with E-state index in [0.29, 0.717) is 13.1 Å². The minimum absolute atomic E-state index is 0.111. The molecule has 1 aromatic rings. The van der Waals surface area contributed by atoms with E-state index in [1.54, 1.807) is 4.90 Å². The average molecular weight is 294 g/mol. The number of carbonyl (C=O) groups excluding carboxylic acids is 1. The number of carbonyl (C=O) groups is 2. The van der Waals surface area contributed by atoms with Crippen molar-refractivity contribution in [2.24, 2.45) is 0 Å². The van der Waals surface area contributed by atoms with Gasteiger partial charge >= 0.3 is 11.7 Å². The number of rotatable bonds is 5. The standard InChI is InChI=1S/C12H14N4O5/c17-10(15-3-1-2-4-15)7-14-11-9(16(20)21)5-8(6-13-11)12(18)19/h5-6H,1-4,7H2,(H,13,14)(H,18,19). The van der Waals surface area contributed by atoms with Crippen molar-refractivity contribution >= 4 is 23.4 Å². The number of carboxylic acid groups (broad SMARTS) is 1. The Balaban J connectivity index is 2.10. The van der Waals surface area contributed by atoms with Crippen molar-refractivity contribution in [2.45, 2.75) is 12.8 Å². The summed E-state index contributed by atoms with van der Waals surface area (Å²) in [6.45, 7) is 1.27. The molecule has 0 radical (unpaired) electrons. The van der Waals surface area contributed by atoms with Gasteiger partial charge in [0.2, 0.25) is 11.7 Å². The Morgan fingerprint density at radius 1 is 1.43 bits per heavy atom. The maximum atomic E-state index is 11.8. The van der Waals surface area contributed by atoms with E-state index in [9.17, 15) is 19.7 Å². The van der Waals surface area contributed by atoms with E-state index >= 15 is 0 Å². The van der Waals surface area contributed by atoms with Crippen LogP contribution in [0.4, 0.5) is 11.5 Å². The Morgan fingerprint density at radius 2 is 2.10 bits per heavy atom. The van der Waals surface area contributed by atoms with Crippen molar-refractivity contribution in [3.63, 3.8) is 0 Å². The molecule has 0 bridgehead atoms. The van der Waals surface area contributed by atoms with Gasteiger partial charge in [-0.2, -0.15) is 0 Å². The Kier molecular flexibility index (Phi) is 4.31. The molecule has 0 aliphatic carbocycles. The summed E-state index contributed by atoms with van der Waals surface area (Å²) in [4.78, 5) is 38.2. The predicted octanol–water partition coefficient (Wildman–Crippen LogP) is 0.722. The van der Waals surface area contributed by atoms with Crippen molar-refractivity contribution in [2.75, 3.05) is 25.0 Å². The lowest BCUT2D eigenvalue weighted by atomic mass is 10.2. The number of pyridine rings is 1. The van der Waals surface area contributed by atoms with Crippen molar-refractivity contribution in [1.29, 1.82) is 0 Å². The first-order valence-electron chi connectivity index (χ1n) is 6.38. The molecule has 1 fully saturated rings. The minimum Gasteiger partial charge on any atom is -0.478 e. The molecule has 0 unspecified atom stereocenters. The van der Waals surface area contributed by atoms with Crippen LogP contribution in [0.25, 0.3) is 0 Å². The second kappa shape index (κ2) is 6.16. The molecule has 9 nitrogen and oxygen atoms in total. The van der Waals surface area contributed by atoms with Crippen molar-refractivity contribution < 1.29 is 19.6 Å². The highest BCUT2D eigenvalue weighted by atomic mass is 16.6. The number of anilines is 1.